The van der Waals surface area contributed by atoms with E-state index in [2.05, 4.69) is 10.1 Å². The van der Waals surface area contributed by atoms with E-state index < -0.39 is 6.10 Å². The number of aromatic nitrogens is 2. The Hall–Kier alpha value is -3.39. The summed E-state index contributed by atoms with van der Waals surface area (Å²) in [7, 11) is 1.71. The van der Waals surface area contributed by atoms with E-state index in [0.29, 0.717) is 41.0 Å². The molecule has 0 saturated carbocycles. The van der Waals surface area contributed by atoms with Crippen LogP contribution in [0.3, 0.4) is 0 Å². The molecule has 1 saturated heterocycles. The van der Waals surface area contributed by atoms with Gasteiger partial charge in [-0.15, -0.1) is 0 Å². The van der Waals surface area contributed by atoms with Gasteiger partial charge in [-0.3, -0.25) is 9.59 Å². The summed E-state index contributed by atoms with van der Waals surface area (Å²) in [6.45, 7) is 3.74. The number of rotatable bonds is 8. The fraction of sp³-hybridized carbons (Fsp3) is 0.360. The van der Waals surface area contributed by atoms with Crippen LogP contribution in [0.5, 0.6) is 5.75 Å². The van der Waals surface area contributed by atoms with E-state index in [1.54, 1.807) is 55.3 Å². The van der Waals surface area contributed by atoms with E-state index >= 15 is 0 Å². The number of nitrogens with zero attached hydrogens (tertiary/aromatic N) is 4. The van der Waals surface area contributed by atoms with Gasteiger partial charge in [0.2, 0.25) is 0 Å². The number of benzene rings is 2. The summed E-state index contributed by atoms with van der Waals surface area (Å²) < 4.78 is 11.1. The van der Waals surface area contributed by atoms with Gasteiger partial charge in [0.05, 0.1) is 0 Å². The van der Waals surface area contributed by atoms with Crippen LogP contribution in [0.15, 0.2) is 53.1 Å². The predicted octanol–water partition coefficient (Wildman–Crippen LogP) is 4.09. The molecular formula is C25H27ClN4O4. The minimum Gasteiger partial charge on any atom is -0.481 e. The van der Waals surface area contributed by atoms with Crippen LogP contribution in [-0.2, 0) is 11.2 Å². The van der Waals surface area contributed by atoms with Gasteiger partial charge in [0.25, 0.3) is 17.7 Å². The summed E-state index contributed by atoms with van der Waals surface area (Å²) in [5.74, 6) is 1.30. The van der Waals surface area contributed by atoms with Crippen LogP contribution in [0.1, 0.15) is 35.9 Å². The fourth-order valence-electron chi connectivity index (χ4n) is 3.81. The van der Waals surface area contributed by atoms with E-state index in [1.165, 1.54) is 0 Å². The Labute approximate surface area is 203 Å². The highest BCUT2D eigenvalue weighted by Crippen LogP contribution is 2.21. The van der Waals surface area contributed by atoms with Crippen LogP contribution < -0.4 is 4.74 Å². The molecule has 2 amide bonds. The van der Waals surface area contributed by atoms with Crippen LogP contribution in [0.4, 0.5) is 0 Å². The molecular weight excluding hydrogens is 456 g/mol. The van der Waals surface area contributed by atoms with Gasteiger partial charge < -0.3 is 19.1 Å². The Balaban J connectivity index is 1.30. The highest BCUT2D eigenvalue weighted by Gasteiger charge is 2.21. The minimum absolute atomic E-state index is 0.0524. The zero-order valence-electron chi connectivity index (χ0n) is 19.2. The van der Waals surface area contributed by atoms with E-state index in [1.807, 2.05) is 17.0 Å². The molecule has 0 spiro atoms. The highest BCUT2D eigenvalue weighted by atomic mass is 35.5. The number of hydrogen-bond acceptors (Lipinski definition) is 6. The van der Waals surface area contributed by atoms with Gasteiger partial charge in [-0.25, -0.2) is 0 Å². The molecule has 0 N–H and O–H groups in total. The van der Waals surface area contributed by atoms with Crippen molar-refractivity contribution in [3.63, 3.8) is 0 Å². The smallest absolute Gasteiger partial charge is 0.263 e. The fourth-order valence-corrected chi connectivity index (χ4v) is 3.99. The summed E-state index contributed by atoms with van der Waals surface area (Å²) in [5, 5.41) is 4.57. The second-order valence-electron chi connectivity index (χ2n) is 8.32. The van der Waals surface area contributed by atoms with Crippen molar-refractivity contribution in [3.8, 4) is 17.2 Å². The van der Waals surface area contributed by atoms with Crippen molar-refractivity contribution >= 4 is 23.4 Å². The summed E-state index contributed by atoms with van der Waals surface area (Å²) in [5.41, 5.74) is 1.39. The molecule has 34 heavy (non-hydrogen) atoms. The van der Waals surface area contributed by atoms with Gasteiger partial charge in [0.15, 0.2) is 11.9 Å². The molecule has 1 aliphatic heterocycles. The predicted molar refractivity (Wildman–Crippen MR) is 128 cm³/mol. The zero-order chi connectivity index (χ0) is 24.1. The van der Waals surface area contributed by atoms with Crippen molar-refractivity contribution in [1.82, 2.24) is 19.9 Å². The average molecular weight is 483 g/mol. The van der Waals surface area contributed by atoms with Gasteiger partial charge in [-0.2, -0.15) is 4.98 Å². The maximum atomic E-state index is 12.6. The van der Waals surface area contributed by atoms with Crippen molar-refractivity contribution in [2.75, 3.05) is 26.7 Å². The van der Waals surface area contributed by atoms with Crippen LogP contribution in [-0.4, -0.2) is 64.5 Å². The second kappa shape index (κ2) is 10.7. The molecule has 1 aliphatic rings. The molecule has 0 bridgehead atoms. The van der Waals surface area contributed by atoms with Crippen molar-refractivity contribution in [3.05, 3.63) is 64.9 Å². The van der Waals surface area contributed by atoms with Crippen LogP contribution in [0.2, 0.25) is 5.02 Å². The lowest BCUT2D eigenvalue weighted by Crippen LogP contribution is -2.39. The van der Waals surface area contributed by atoms with Crippen molar-refractivity contribution in [2.45, 2.75) is 32.3 Å². The molecule has 9 heteroatoms. The Morgan fingerprint density at radius 3 is 2.62 bits per heavy atom. The van der Waals surface area contributed by atoms with E-state index in [-0.39, 0.29) is 11.8 Å². The maximum Gasteiger partial charge on any atom is 0.263 e. The lowest BCUT2D eigenvalue weighted by molar-refractivity contribution is -0.136. The molecule has 0 unspecified atom stereocenters. The number of carbonyl (C=O) groups excluding carboxylic acids is 2. The lowest BCUT2D eigenvalue weighted by Gasteiger charge is -2.21. The second-order valence-corrected chi connectivity index (χ2v) is 8.76. The first-order valence-electron chi connectivity index (χ1n) is 11.3. The van der Waals surface area contributed by atoms with Gasteiger partial charge in [0.1, 0.15) is 5.75 Å². The molecule has 178 valence electrons. The third kappa shape index (κ3) is 5.75. The molecule has 4 rings (SSSR count). The number of likely N-dealkylation sites (N-methyl/N-ethyl adjacent to an activating group) is 1. The summed E-state index contributed by atoms with van der Waals surface area (Å²) >= 11 is 5.97. The first-order valence-corrected chi connectivity index (χ1v) is 11.7. The third-order valence-corrected chi connectivity index (χ3v) is 5.98. The van der Waals surface area contributed by atoms with E-state index in [0.717, 1.165) is 31.5 Å². The van der Waals surface area contributed by atoms with Gasteiger partial charge in [0, 0.05) is 49.3 Å². The normalized spacial score (nSPS) is 14.1. The Morgan fingerprint density at radius 1 is 1.18 bits per heavy atom. The standard InChI is InChI=1S/C25H27ClN4O4/c1-17(33-21-7-5-6-20(26)16-21)24(31)29(2)15-12-22-27-23(34-28-22)18-8-10-19(11-9-18)25(32)30-13-3-4-14-30/h5-11,16-17H,3-4,12-15H2,1-2H3/t17-/m1/s1. The quantitative estimate of drug-likeness (QED) is 0.480. The molecule has 8 nitrogen and oxygen atoms in total. The molecule has 1 atom stereocenters. The minimum atomic E-state index is -0.661. The van der Waals surface area contributed by atoms with Crippen molar-refractivity contribution in [2.24, 2.45) is 0 Å². The van der Waals surface area contributed by atoms with E-state index in [4.69, 9.17) is 20.9 Å². The number of halogens is 1. The van der Waals surface area contributed by atoms with Gasteiger partial charge >= 0.3 is 0 Å². The molecule has 1 fully saturated rings. The van der Waals surface area contributed by atoms with Crippen LogP contribution in [0.25, 0.3) is 11.5 Å². The summed E-state index contributed by atoms with van der Waals surface area (Å²) in [6, 6.07) is 14.1. The average Bonchev–Trinajstić information content (AvgIpc) is 3.54. The Kier molecular flexibility index (Phi) is 7.47. The highest BCUT2D eigenvalue weighted by molar-refractivity contribution is 6.30. The number of likely N-dealkylation sites (tertiary alicyclic amines) is 1. The molecule has 2 heterocycles. The summed E-state index contributed by atoms with van der Waals surface area (Å²) in [6.07, 6.45) is 1.89. The van der Waals surface area contributed by atoms with Gasteiger partial charge in [-0.05, 0) is 62.2 Å². The Morgan fingerprint density at radius 2 is 1.91 bits per heavy atom. The number of carbonyl (C=O) groups is 2. The number of hydrogen-bond donors (Lipinski definition) is 0. The van der Waals surface area contributed by atoms with Crippen LogP contribution >= 0.6 is 11.6 Å². The van der Waals surface area contributed by atoms with Crippen LogP contribution in [0, 0.1) is 0 Å². The summed E-state index contributed by atoms with van der Waals surface area (Å²) in [4.78, 5) is 33.0. The SMILES string of the molecule is C[C@@H](Oc1cccc(Cl)c1)C(=O)N(C)CCc1noc(-c2ccc(C(=O)N3CCCC3)cc2)n1. The molecule has 3 aromatic rings. The monoisotopic (exact) mass is 482 g/mol. The topological polar surface area (TPSA) is 88.8 Å². The molecule has 1 aromatic heterocycles. The Bertz CT molecular complexity index is 1140. The molecule has 2 aromatic carbocycles. The maximum absolute atomic E-state index is 12.6. The first kappa shape index (κ1) is 23.8. The number of ether oxygens (including phenoxy) is 1. The number of amides is 2. The molecule has 0 aliphatic carbocycles. The first-order chi connectivity index (χ1) is 16.4. The van der Waals surface area contributed by atoms with Gasteiger partial charge in [-0.1, -0.05) is 22.8 Å². The van der Waals surface area contributed by atoms with Crippen molar-refractivity contribution in [1.29, 1.82) is 0 Å². The van der Waals surface area contributed by atoms with Crippen molar-refractivity contribution < 1.29 is 18.8 Å². The lowest BCUT2D eigenvalue weighted by atomic mass is 10.1. The van der Waals surface area contributed by atoms with E-state index in [9.17, 15) is 9.59 Å². The zero-order valence-corrected chi connectivity index (χ0v) is 20.0. The largest absolute Gasteiger partial charge is 0.481 e. The third-order valence-electron chi connectivity index (χ3n) is 5.74. The molecule has 0 radical (unpaired) electrons.